The third-order valence-electron chi connectivity index (χ3n) is 1.79. The van der Waals surface area contributed by atoms with Crippen molar-refractivity contribution in [1.82, 2.24) is 0 Å². The van der Waals surface area contributed by atoms with Gasteiger partial charge in [0.05, 0.1) is 12.5 Å². The minimum Gasteiger partial charge on any atom is -0.494 e. The van der Waals surface area contributed by atoms with Gasteiger partial charge in [0.15, 0.2) is 11.6 Å². The molecule has 1 aromatic carbocycles. The highest BCUT2D eigenvalue weighted by Crippen LogP contribution is 2.19. The number of hydrogen-bond donors (Lipinski definition) is 0. The van der Waals surface area contributed by atoms with E-state index in [2.05, 4.69) is 0 Å². The van der Waals surface area contributed by atoms with Crippen molar-refractivity contribution in [2.24, 2.45) is 0 Å². The number of alkyl halides is 1. The van der Waals surface area contributed by atoms with Crippen LogP contribution in [0.3, 0.4) is 0 Å². The van der Waals surface area contributed by atoms with Crippen LogP contribution in [-0.4, -0.2) is 18.8 Å². The normalized spacial score (nSPS) is 12.2. The molecule has 0 saturated carbocycles. The molecular formula is C10H10ClFO2. The van der Waals surface area contributed by atoms with Crippen LogP contribution >= 0.6 is 11.6 Å². The summed E-state index contributed by atoms with van der Waals surface area (Å²) in [6, 6.07) is 4.41. The van der Waals surface area contributed by atoms with Gasteiger partial charge in [-0.25, -0.2) is 4.39 Å². The number of carbonyl (C=O) groups is 1. The van der Waals surface area contributed by atoms with Crippen LogP contribution in [0.5, 0.6) is 5.75 Å². The Morgan fingerprint density at radius 2 is 2.36 bits per heavy atom. The van der Waals surface area contributed by atoms with E-state index in [4.69, 9.17) is 16.3 Å². The maximum absolute atomic E-state index is 13.0. The SMILES string of the molecule is COc1cc(CC(Cl)C=O)ccc1F. The summed E-state index contributed by atoms with van der Waals surface area (Å²) in [6.07, 6.45) is 1.03. The summed E-state index contributed by atoms with van der Waals surface area (Å²) in [5, 5.41) is -0.579. The fourth-order valence-corrected chi connectivity index (χ4v) is 1.28. The fraction of sp³-hybridized carbons (Fsp3) is 0.300. The van der Waals surface area contributed by atoms with Crippen molar-refractivity contribution in [2.45, 2.75) is 11.8 Å². The van der Waals surface area contributed by atoms with Crippen LogP contribution in [-0.2, 0) is 11.2 Å². The molecule has 0 fully saturated rings. The van der Waals surface area contributed by atoms with Gasteiger partial charge in [-0.1, -0.05) is 6.07 Å². The number of ether oxygens (including phenoxy) is 1. The summed E-state index contributed by atoms with van der Waals surface area (Å²) in [6.45, 7) is 0. The molecule has 0 radical (unpaired) electrons. The van der Waals surface area contributed by atoms with Gasteiger partial charge in [0.1, 0.15) is 6.29 Å². The van der Waals surface area contributed by atoms with Crippen LogP contribution in [0.25, 0.3) is 0 Å². The molecule has 2 nitrogen and oxygen atoms in total. The zero-order chi connectivity index (χ0) is 10.6. The van der Waals surface area contributed by atoms with Gasteiger partial charge in [0, 0.05) is 0 Å². The molecule has 1 rings (SSSR count). The number of halogens is 2. The van der Waals surface area contributed by atoms with Crippen LogP contribution in [0.15, 0.2) is 18.2 Å². The van der Waals surface area contributed by atoms with Crippen molar-refractivity contribution >= 4 is 17.9 Å². The maximum Gasteiger partial charge on any atom is 0.165 e. The molecule has 76 valence electrons. The zero-order valence-electron chi connectivity index (χ0n) is 7.67. The van der Waals surface area contributed by atoms with E-state index in [1.807, 2.05) is 0 Å². The summed E-state index contributed by atoms with van der Waals surface area (Å²) in [5.74, 6) is -0.259. The summed E-state index contributed by atoms with van der Waals surface area (Å²) in [7, 11) is 1.39. The van der Waals surface area contributed by atoms with E-state index in [-0.39, 0.29) is 5.75 Å². The van der Waals surface area contributed by atoms with Gasteiger partial charge in [-0.05, 0) is 24.1 Å². The lowest BCUT2D eigenvalue weighted by Gasteiger charge is -2.06. The van der Waals surface area contributed by atoms with E-state index in [1.165, 1.54) is 19.2 Å². The van der Waals surface area contributed by atoms with E-state index in [1.54, 1.807) is 6.07 Å². The number of rotatable bonds is 4. The highest BCUT2D eigenvalue weighted by atomic mass is 35.5. The Morgan fingerprint density at radius 1 is 1.64 bits per heavy atom. The Kier molecular flexibility index (Phi) is 3.89. The monoisotopic (exact) mass is 216 g/mol. The van der Waals surface area contributed by atoms with Crippen LogP contribution < -0.4 is 4.74 Å². The minimum absolute atomic E-state index is 0.164. The van der Waals surface area contributed by atoms with E-state index in [0.29, 0.717) is 12.7 Å². The van der Waals surface area contributed by atoms with Gasteiger partial charge >= 0.3 is 0 Å². The molecule has 0 spiro atoms. The summed E-state index contributed by atoms with van der Waals surface area (Å²) in [5.41, 5.74) is 0.773. The van der Waals surface area contributed by atoms with E-state index >= 15 is 0 Å². The van der Waals surface area contributed by atoms with E-state index < -0.39 is 11.2 Å². The molecule has 0 aliphatic heterocycles. The van der Waals surface area contributed by atoms with Crippen molar-refractivity contribution in [3.05, 3.63) is 29.6 Å². The van der Waals surface area contributed by atoms with Crippen LogP contribution in [0.2, 0.25) is 0 Å². The highest BCUT2D eigenvalue weighted by molar-refractivity contribution is 6.27. The molecule has 0 heterocycles. The predicted molar refractivity (Wildman–Crippen MR) is 52.4 cm³/mol. The van der Waals surface area contributed by atoms with Gasteiger partial charge < -0.3 is 9.53 Å². The Hall–Kier alpha value is -1.09. The third kappa shape index (κ3) is 2.70. The fourth-order valence-electron chi connectivity index (χ4n) is 1.10. The topological polar surface area (TPSA) is 26.3 Å². The van der Waals surface area contributed by atoms with Crippen molar-refractivity contribution in [1.29, 1.82) is 0 Å². The lowest BCUT2D eigenvalue weighted by Crippen LogP contribution is -2.04. The van der Waals surface area contributed by atoms with Gasteiger partial charge in [-0.3, -0.25) is 0 Å². The van der Waals surface area contributed by atoms with E-state index in [0.717, 1.165) is 5.56 Å². The number of methoxy groups -OCH3 is 1. The van der Waals surface area contributed by atoms with Crippen molar-refractivity contribution in [3.8, 4) is 5.75 Å². The second kappa shape index (κ2) is 4.96. The average molecular weight is 217 g/mol. The molecule has 0 aromatic heterocycles. The maximum atomic E-state index is 13.0. The molecule has 0 N–H and O–H groups in total. The standard InChI is InChI=1S/C10H10ClFO2/c1-14-10-5-7(2-3-9(10)12)4-8(11)6-13/h2-3,5-6,8H,4H2,1H3. The predicted octanol–water partition coefficient (Wildman–Crippen LogP) is 2.18. The van der Waals surface area contributed by atoms with Crippen molar-refractivity contribution in [3.63, 3.8) is 0 Å². The van der Waals surface area contributed by atoms with Crippen LogP contribution in [0.4, 0.5) is 4.39 Å². The van der Waals surface area contributed by atoms with Crippen LogP contribution in [0, 0.1) is 5.82 Å². The van der Waals surface area contributed by atoms with Gasteiger partial charge in [0.25, 0.3) is 0 Å². The second-order valence-corrected chi connectivity index (χ2v) is 3.39. The number of benzene rings is 1. The molecule has 0 saturated heterocycles. The lowest BCUT2D eigenvalue weighted by molar-refractivity contribution is -0.107. The Balaban J connectivity index is 2.84. The number of aldehydes is 1. The molecule has 1 aromatic rings. The zero-order valence-corrected chi connectivity index (χ0v) is 8.42. The molecule has 1 unspecified atom stereocenters. The summed E-state index contributed by atoms with van der Waals surface area (Å²) >= 11 is 5.63. The lowest BCUT2D eigenvalue weighted by atomic mass is 10.1. The van der Waals surface area contributed by atoms with Crippen molar-refractivity contribution in [2.75, 3.05) is 7.11 Å². The number of hydrogen-bond acceptors (Lipinski definition) is 2. The van der Waals surface area contributed by atoms with Crippen molar-refractivity contribution < 1.29 is 13.9 Å². The number of carbonyl (C=O) groups excluding carboxylic acids is 1. The molecule has 1 atom stereocenters. The third-order valence-corrected chi connectivity index (χ3v) is 2.05. The van der Waals surface area contributed by atoms with Crippen LogP contribution in [0.1, 0.15) is 5.56 Å². The second-order valence-electron chi connectivity index (χ2n) is 2.83. The largest absolute Gasteiger partial charge is 0.494 e. The Morgan fingerprint density at radius 3 is 2.93 bits per heavy atom. The molecule has 0 amide bonds. The first-order valence-corrected chi connectivity index (χ1v) is 4.52. The molecule has 0 aliphatic rings. The first-order chi connectivity index (χ1) is 6.67. The molecule has 4 heteroatoms. The first kappa shape index (κ1) is 11.0. The Bertz CT molecular complexity index is 328. The Labute approximate surface area is 86.6 Å². The molecule has 0 aliphatic carbocycles. The quantitative estimate of drug-likeness (QED) is 0.570. The minimum atomic E-state index is -0.579. The molecule has 0 bridgehead atoms. The molecule has 14 heavy (non-hydrogen) atoms. The van der Waals surface area contributed by atoms with Gasteiger partial charge in [-0.2, -0.15) is 0 Å². The van der Waals surface area contributed by atoms with Gasteiger partial charge in [0.2, 0.25) is 0 Å². The summed E-state index contributed by atoms with van der Waals surface area (Å²) < 4.78 is 17.8. The molecular weight excluding hydrogens is 207 g/mol. The average Bonchev–Trinajstić information content (AvgIpc) is 2.20. The summed E-state index contributed by atoms with van der Waals surface area (Å²) in [4.78, 5) is 10.3. The highest BCUT2D eigenvalue weighted by Gasteiger charge is 2.07. The van der Waals surface area contributed by atoms with E-state index in [9.17, 15) is 9.18 Å². The smallest absolute Gasteiger partial charge is 0.165 e. The van der Waals surface area contributed by atoms with Gasteiger partial charge in [-0.15, -0.1) is 11.6 Å². The first-order valence-electron chi connectivity index (χ1n) is 4.09.